The van der Waals surface area contributed by atoms with E-state index in [1.165, 1.54) is 55.4 Å². The third kappa shape index (κ3) is 4.59. The van der Waals surface area contributed by atoms with Gasteiger partial charge in [-0.15, -0.1) is 0 Å². The Morgan fingerprint density at radius 3 is 2.23 bits per heavy atom. The molecule has 0 spiro atoms. The molecule has 0 atom stereocenters. The van der Waals surface area contributed by atoms with Gasteiger partial charge in [-0.1, -0.05) is 12.1 Å². The number of amides is 1. The highest BCUT2D eigenvalue weighted by Gasteiger charge is 2.18. The Hall–Kier alpha value is -2.45. The van der Waals surface area contributed by atoms with Gasteiger partial charge < -0.3 is 9.64 Å². The molecule has 0 N–H and O–H groups in total. The first-order valence-electron chi connectivity index (χ1n) is 7.89. The molecule has 0 bridgehead atoms. The molecule has 8 heteroatoms. The van der Waals surface area contributed by atoms with Crippen LogP contribution in [0.3, 0.4) is 0 Å². The maximum absolute atomic E-state index is 13.5. The SMILES string of the molecule is CN(CCOc1ccccc1F)C(=O)c1ccc(S(=O)(=O)N(C)C)cc1. The van der Waals surface area contributed by atoms with Crippen LogP contribution in [-0.4, -0.2) is 57.8 Å². The van der Waals surface area contributed by atoms with Crippen LogP contribution >= 0.6 is 0 Å². The Labute approximate surface area is 152 Å². The second-order valence-corrected chi connectivity index (χ2v) is 7.97. The van der Waals surface area contributed by atoms with Gasteiger partial charge in [0.1, 0.15) is 6.61 Å². The lowest BCUT2D eigenvalue weighted by Gasteiger charge is -2.18. The molecule has 0 saturated heterocycles. The maximum atomic E-state index is 13.5. The first-order chi connectivity index (χ1) is 12.2. The van der Waals surface area contributed by atoms with Crippen molar-refractivity contribution in [1.29, 1.82) is 0 Å². The fourth-order valence-corrected chi connectivity index (χ4v) is 3.06. The summed E-state index contributed by atoms with van der Waals surface area (Å²) >= 11 is 0. The summed E-state index contributed by atoms with van der Waals surface area (Å²) in [5.74, 6) is -0.610. The van der Waals surface area contributed by atoms with Gasteiger partial charge in [0, 0.05) is 26.7 Å². The van der Waals surface area contributed by atoms with Crippen molar-refractivity contribution in [2.75, 3.05) is 34.3 Å². The number of hydrogen-bond acceptors (Lipinski definition) is 4. The Morgan fingerprint density at radius 2 is 1.65 bits per heavy atom. The fraction of sp³-hybridized carbons (Fsp3) is 0.278. The van der Waals surface area contributed by atoms with Crippen molar-refractivity contribution >= 4 is 15.9 Å². The normalized spacial score (nSPS) is 11.4. The second kappa shape index (κ2) is 8.29. The van der Waals surface area contributed by atoms with E-state index in [4.69, 9.17) is 4.74 Å². The number of para-hydroxylation sites is 1. The second-order valence-electron chi connectivity index (χ2n) is 5.82. The summed E-state index contributed by atoms with van der Waals surface area (Å²) in [7, 11) is 0.944. The van der Waals surface area contributed by atoms with E-state index in [9.17, 15) is 17.6 Å². The number of halogens is 1. The maximum Gasteiger partial charge on any atom is 0.253 e. The zero-order valence-corrected chi connectivity index (χ0v) is 15.7. The van der Waals surface area contributed by atoms with Gasteiger partial charge in [0.2, 0.25) is 10.0 Å². The van der Waals surface area contributed by atoms with E-state index in [1.807, 2.05) is 0 Å². The summed E-state index contributed by atoms with van der Waals surface area (Å²) in [4.78, 5) is 13.9. The van der Waals surface area contributed by atoms with Crippen molar-refractivity contribution in [2.45, 2.75) is 4.90 Å². The molecule has 0 aliphatic rings. The van der Waals surface area contributed by atoms with Crippen molar-refractivity contribution in [1.82, 2.24) is 9.21 Å². The lowest BCUT2D eigenvalue weighted by atomic mass is 10.2. The topological polar surface area (TPSA) is 66.9 Å². The van der Waals surface area contributed by atoms with Crippen LogP contribution in [0, 0.1) is 5.82 Å². The quantitative estimate of drug-likeness (QED) is 0.739. The van der Waals surface area contributed by atoms with E-state index in [0.29, 0.717) is 5.56 Å². The van der Waals surface area contributed by atoms with Crippen molar-refractivity contribution in [2.24, 2.45) is 0 Å². The van der Waals surface area contributed by atoms with Gasteiger partial charge in [-0.3, -0.25) is 4.79 Å². The first-order valence-corrected chi connectivity index (χ1v) is 9.33. The molecule has 0 fully saturated rings. The zero-order chi connectivity index (χ0) is 19.3. The third-order valence-electron chi connectivity index (χ3n) is 3.75. The van der Waals surface area contributed by atoms with Gasteiger partial charge in [0.05, 0.1) is 11.4 Å². The Kier molecular flexibility index (Phi) is 6.33. The van der Waals surface area contributed by atoms with E-state index in [0.717, 1.165) is 4.31 Å². The molecule has 26 heavy (non-hydrogen) atoms. The molecule has 2 aromatic carbocycles. The Morgan fingerprint density at radius 1 is 1.04 bits per heavy atom. The van der Waals surface area contributed by atoms with E-state index < -0.39 is 15.8 Å². The van der Waals surface area contributed by atoms with Crippen molar-refractivity contribution in [3.05, 3.63) is 59.9 Å². The number of sulfonamides is 1. The van der Waals surface area contributed by atoms with Crippen LogP contribution in [0.4, 0.5) is 4.39 Å². The van der Waals surface area contributed by atoms with Gasteiger partial charge >= 0.3 is 0 Å². The molecule has 0 heterocycles. The predicted molar refractivity (Wildman–Crippen MR) is 96.2 cm³/mol. The lowest BCUT2D eigenvalue weighted by molar-refractivity contribution is 0.0773. The molecule has 6 nitrogen and oxygen atoms in total. The molecular formula is C18H21FN2O4S. The van der Waals surface area contributed by atoms with Crippen LogP contribution in [0.15, 0.2) is 53.4 Å². The molecule has 0 aliphatic heterocycles. The predicted octanol–water partition coefficient (Wildman–Crippen LogP) is 2.23. The molecule has 0 aliphatic carbocycles. The number of nitrogens with zero attached hydrogens (tertiary/aromatic N) is 2. The van der Waals surface area contributed by atoms with Crippen LogP contribution in [-0.2, 0) is 10.0 Å². The van der Waals surface area contributed by atoms with Gasteiger partial charge in [-0.05, 0) is 36.4 Å². The Bertz CT molecular complexity index is 867. The van der Waals surface area contributed by atoms with E-state index in [-0.39, 0.29) is 29.7 Å². The molecule has 0 aromatic heterocycles. The van der Waals surface area contributed by atoms with Crippen LogP contribution < -0.4 is 4.74 Å². The molecule has 0 radical (unpaired) electrons. The van der Waals surface area contributed by atoms with Gasteiger partial charge in [0.25, 0.3) is 5.91 Å². The number of rotatable bonds is 7. The van der Waals surface area contributed by atoms with E-state index in [2.05, 4.69) is 0 Å². The monoisotopic (exact) mass is 380 g/mol. The van der Waals surface area contributed by atoms with Crippen LogP contribution in [0.2, 0.25) is 0 Å². The molecule has 140 valence electrons. The van der Waals surface area contributed by atoms with Gasteiger partial charge in [-0.25, -0.2) is 17.1 Å². The first kappa shape index (κ1) is 19.9. The highest BCUT2D eigenvalue weighted by atomic mass is 32.2. The fourth-order valence-electron chi connectivity index (χ4n) is 2.16. The molecular weight excluding hydrogens is 359 g/mol. The highest BCUT2D eigenvalue weighted by Crippen LogP contribution is 2.16. The van der Waals surface area contributed by atoms with Gasteiger partial charge in [-0.2, -0.15) is 0 Å². The smallest absolute Gasteiger partial charge is 0.253 e. The van der Waals surface area contributed by atoms with Crippen LogP contribution in [0.1, 0.15) is 10.4 Å². The average molecular weight is 380 g/mol. The summed E-state index contributed by atoms with van der Waals surface area (Å²) in [6.45, 7) is 0.390. The van der Waals surface area contributed by atoms with Crippen molar-refractivity contribution < 1.29 is 22.3 Å². The number of carbonyl (C=O) groups excluding carboxylic acids is 1. The van der Waals surface area contributed by atoms with Gasteiger partial charge in [0.15, 0.2) is 11.6 Å². The summed E-state index contributed by atoms with van der Waals surface area (Å²) < 4.78 is 44.0. The van der Waals surface area contributed by atoms with E-state index >= 15 is 0 Å². The zero-order valence-electron chi connectivity index (χ0n) is 14.8. The van der Waals surface area contributed by atoms with Crippen LogP contribution in [0.5, 0.6) is 5.75 Å². The average Bonchev–Trinajstić information content (AvgIpc) is 2.62. The summed E-state index contributed by atoms with van der Waals surface area (Å²) in [6.07, 6.45) is 0. The third-order valence-corrected chi connectivity index (χ3v) is 5.58. The molecule has 0 unspecified atom stereocenters. The summed E-state index contributed by atoms with van der Waals surface area (Å²) in [5.41, 5.74) is 0.357. The van der Waals surface area contributed by atoms with Crippen molar-refractivity contribution in [3.63, 3.8) is 0 Å². The minimum Gasteiger partial charge on any atom is -0.489 e. The Balaban J connectivity index is 1.97. The minimum absolute atomic E-state index is 0.115. The highest BCUT2D eigenvalue weighted by molar-refractivity contribution is 7.89. The standard InChI is InChI=1S/C18H21FN2O4S/c1-20(2)26(23,24)15-10-8-14(9-11-15)18(22)21(3)12-13-25-17-7-5-4-6-16(17)19/h4-11H,12-13H2,1-3H3. The number of likely N-dealkylation sites (N-methyl/N-ethyl adjacent to an activating group) is 1. The number of ether oxygens (including phenoxy) is 1. The molecule has 2 aromatic rings. The largest absolute Gasteiger partial charge is 0.489 e. The molecule has 1 amide bonds. The number of hydrogen-bond donors (Lipinski definition) is 0. The summed E-state index contributed by atoms with van der Waals surface area (Å²) in [6, 6.07) is 11.8. The van der Waals surface area contributed by atoms with Crippen molar-refractivity contribution in [3.8, 4) is 5.75 Å². The molecule has 2 rings (SSSR count). The minimum atomic E-state index is -3.54. The summed E-state index contributed by atoms with van der Waals surface area (Å²) in [5, 5.41) is 0. The molecule has 0 saturated carbocycles. The number of benzene rings is 2. The van der Waals surface area contributed by atoms with E-state index in [1.54, 1.807) is 19.2 Å². The van der Waals surface area contributed by atoms with Crippen LogP contribution in [0.25, 0.3) is 0 Å². The lowest BCUT2D eigenvalue weighted by Crippen LogP contribution is -2.31. The number of carbonyl (C=O) groups is 1.